The molecule has 4 bridgehead atoms. The van der Waals surface area contributed by atoms with Crippen LogP contribution in [0.3, 0.4) is 0 Å². The lowest BCUT2D eigenvalue weighted by atomic mass is 9.49. The van der Waals surface area contributed by atoms with E-state index in [1.54, 1.807) is 6.92 Å². The Morgan fingerprint density at radius 3 is 2.13 bits per heavy atom. The van der Waals surface area contributed by atoms with Gasteiger partial charge in [0.2, 0.25) is 0 Å². The van der Waals surface area contributed by atoms with Crippen LogP contribution in [0.25, 0.3) is 0 Å². The van der Waals surface area contributed by atoms with Crippen molar-refractivity contribution in [2.45, 2.75) is 64.4 Å². The summed E-state index contributed by atoms with van der Waals surface area (Å²) in [6.45, 7) is 6.95. The van der Waals surface area contributed by atoms with Crippen molar-refractivity contribution in [2.75, 3.05) is 6.61 Å². The lowest BCUT2D eigenvalue weighted by Crippen LogP contribution is -2.59. The molecule has 0 aliphatic heterocycles. The molecule has 4 aliphatic rings. The monoisotopic (exact) mass is 320 g/mol. The van der Waals surface area contributed by atoms with Gasteiger partial charge in [0.1, 0.15) is 5.60 Å². The molecule has 0 unspecified atom stereocenters. The predicted molar refractivity (Wildman–Crippen MR) is 86.5 cm³/mol. The lowest BCUT2D eigenvalue weighted by molar-refractivity contribution is -0.215. The van der Waals surface area contributed by atoms with Gasteiger partial charge in [0, 0.05) is 5.57 Å². The van der Waals surface area contributed by atoms with E-state index in [0.29, 0.717) is 17.4 Å². The van der Waals surface area contributed by atoms with E-state index < -0.39 is 11.9 Å². The maximum absolute atomic E-state index is 12.3. The van der Waals surface area contributed by atoms with Crippen LogP contribution in [0.15, 0.2) is 12.2 Å². The van der Waals surface area contributed by atoms with Crippen molar-refractivity contribution < 1.29 is 19.1 Å². The maximum Gasteiger partial charge on any atom is 0.344 e. The average Bonchev–Trinajstić information content (AvgIpc) is 2.49. The van der Waals surface area contributed by atoms with Crippen molar-refractivity contribution in [3.8, 4) is 0 Å². The molecule has 0 amide bonds. The highest BCUT2D eigenvalue weighted by Crippen LogP contribution is 2.60. The van der Waals surface area contributed by atoms with Crippen LogP contribution in [0.2, 0.25) is 0 Å². The fraction of sp³-hybridized carbons (Fsp3) is 0.789. The first kappa shape index (κ1) is 16.5. The summed E-state index contributed by atoms with van der Waals surface area (Å²) in [5.41, 5.74) is -0.00906. The fourth-order valence-electron chi connectivity index (χ4n) is 5.49. The van der Waals surface area contributed by atoms with E-state index in [4.69, 9.17) is 9.47 Å². The van der Waals surface area contributed by atoms with Crippen molar-refractivity contribution in [3.63, 3.8) is 0 Å². The summed E-state index contributed by atoms with van der Waals surface area (Å²) in [6, 6.07) is 0. The third-order valence-corrected chi connectivity index (χ3v) is 6.13. The molecule has 4 saturated carbocycles. The molecule has 0 N–H and O–H groups in total. The van der Waals surface area contributed by atoms with Gasteiger partial charge in [-0.1, -0.05) is 19.9 Å². The topological polar surface area (TPSA) is 52.6 Å². The Balaban J connectivity index is 1.68. The SMILES string of the molecule is C=C(C)C(=O)OCC(=O)OC1(CCC)C2CC3CC(C2)CC1C3. The third kappa shape index (κ3) is 3.05. The number of rotatable bonds is 6. The molecule has 4 nitrogen and oxygen atoms in total. The van der Waals surface area contributed by atoms with E-state index in [9.17, 15) is 9.59 Å². The van der Waals surface area contributed by atoms with Crippen LogP contribution in [0, 0.1) is 23.7 Å². The fourth-order valence-corrected chi connectivity index (χ4v) is 5.49. The number of ether oxygens (including phenoxy) is 2. The Morgan fingerprint density at radius 2 is 1.65 bits per heavy atom. The highest BCUT2D eigenvalue weighted by molar-refractivity contribution is 5.88. The molecule has 0 radical (unpaired) electrons. The van der Waals surface area contributed by atoms with Gasteiger partial charge in [0.15, 0.2) is 6.61 Å². The molecule has 4 heteroatoms. The Bertz CT molecular complexity index is 479. The molecule has 0 aromatic rings. The zero-order chi connectivity index (χ0) is 16.6. The van der Waals surface area contributed by atoms with E-state index >= 15 is 0 Å². The normalized spacial score (nSPS) is 37.5. The minimum absolute atomic E-state index is 0.302. The molecule has 0 heterocycles. The first-order chi connectivity index (χ1) is 10.9. The van der Waals surface area contributed by atoms with Crippen LogP contribution >= 0.6 is 0 Å². The summed E-state index contributed by atoms with van der Waals surface area (Å²) in [5, 5.41) is 0. The zero-order valence-electron chi connectivity index (χ0n) is 14.3. The van der Waals surface area contributed by atoms with E-state index in [1.165, 1.54) is 32.1 Å². The second kappa shape index (κ2) is 6.29. The Hall–Kier alpha value is -1.32. The molecule has 4 rings (SSSR count). The minimum Gasteiger partial charge on any atom is -0.456 e. The molecular weight excluding hydrogens is 292 g/mol. The number of carbonyl (C=O) groups is 2. The van der Waals surface area contributed by atoms with Gasteiger partial charge in [-0.15, -0.1) is 0 Å². The highest BCUT2D eigenvalue weighted by Gasteiger charge is 2.58. The van der Waals surface area contributed by atoms with Crippen molar-refractivity contribution in [2.24, 2.45) is 23.7 Å². The van der Waals surface area contributed by atoms with E-state index in [-0.39, 0.29) is 12.2 Å². The van der Waals surface area contributed by atoms with Gasteiger partial charge in [-0.2, -0.15) is 0 Å². The Morgan fingerprint density at radius 1 is 1.09 bits per heavy atom. The second-order valence-corrected chi connectivity index (χ2v) is 7.84. The third-order valence-electron chi connectivity index (χ3n) is 6.13. The molecule has 4 aliphatic carbocycles. The molecule has 0 spiro atoms. The van der Waals surface area contributed by atoms with Crippen LogP contribution in [0.4, 0.5) is 0 Å². The van der Waals surface area contributed by atoms with Gasteiger partial charge in [-0.05, 0) is 69.1 Å². The Labute approximate surface area is 138 Å². The van der Waals surface area contributed by atoms with Gasteiger partial charge in [0.25, 0.3) is 0 Å². The van der Waals surface area contributed by atoms with Crippen molar-refractivity contribution >= 4 is 11.9 Å². The summed E-state index contributed by atoms with van der Waals surface area (Å²) < 4.78 is 11.0. The standard InChI is InChI=1S/C19H28O4/c1-4-5-19(23-17(20)11-22-18(21)12(2)3)15-7-13-6-14(9-15)10-16(19)8-13/h13-16H,2,4-11H2,1,3H3. The smallest absolute Gasteiger partial charge is 0.344 e. The van der Waals surface area contributed by atoms with Crippen molar-refractivity contribution in [3.05, 3.63) is 12.2 Å². The molecule has 4 fully saturated rings. The predicted octanol–water partition coefficient (Wildman–Crippen LogP) is 3.64. The average molecular weight is 320 g/mol. The summed E-state index contributed by atoms with van der Waals surface area (Å²) in [6.07, 6.45) is 8.12. The number of carbonyl (C=O) groups excluding carboxylic acids is 2. The summed E-state index contributed by atoms with van der Waals surface area (Å²) >= 11 is 0. The highest BCUT2D eigenvalue weighted by atomic mass is 16.6. The lowest BCUT2D eigenvalue weighted by Gasteiger charge is -2.60. The van der Waals surface area contributed by atoms with Crippen molar-refractivity contribution in [1.82, 2.24) is 0 Å². The van der Waals surface area contributed by atoms with E-state index in [0.717, 1.165) is 24.7 Å². The molecule has 23 heavy (non-hydrogen) atoms. The van der Waals surface area contributed by atoms with Crippen molar-refractivity contribution in [1.29, 1.82) is 0 Å². The summed E-state index contributed by atoms with van der Waals surface area (Å²) in [5.74, 6) is 1.74. The first-order valence-electron chi connectivity index (χ1n) is 8.99. The van der Waals surface area contributed by atoms with Gasteiger partial charge < -0.3 is 9.47 Å². The minimum atomic E-state index is -0.531. The van der Waals surface area contributed by atoms with Gasteiger partial charge in [-0.3, -0.25) is 0 Å². The Kier molecular flexibility index (Phi) is 4.52. The van der Waals surface area contributed by atoms with Gasteiger partial charge in [-0.25, -0.2) is 9.59 Å². The van der Waals surface area contributed by atoms with E-state index in [2.05, 4.69) is 13.5 Å². The first-order valence-corrected chi connectivity index (χ1v) is 8.99. The largest absolute Gasteiger partial charge is 0.456 e. The molecule has 0 aromatic heterocycles. The molecular formula is C19H28O4. The molecule has 0 saturated heterocycles. The maximum atomic E-state index is 12.3. The van der Waals surface area contributed by atoms with Crippen LogP contribution in [-0.2, 0) is 19.1 Å². The molecule has 0 aromatic carbocycles. The van der Waals surface area contributed by atoms with Crippen LogP contribution < -0.4 is 0 Å². The van der Waals surface area contributed by atoms with Crippen LogP contribution in [-0.4, -0.2) is 24.1 Å². The van der Waals surface area contributed by atoms with Crippen LogP contribution in [0.5, 0.6) is 0 Å². The van der Waals surface area contributed by atoms with Gasteiger partial charge in [0.05, 0.1) is 0 Å². The molecule has 128 valence electrons. The van der Waals surface area contributed by atoms with Gasteiger partial charge >= 0.3 is 11.9 Å². The zero-order valence-corrected chi connectivity index (χ0v) is 14.3. The van der Waals surface area contributed by atoms with Crippen LogP contribution in [0.1, 0.15) is 58.8 Å². The second-order valence-electron chi connectivity index (χ2n) is 7.84. The quantitative estimate of drug-likeness (QED) is 0.554. The molecule has 0 atom stereocenters. The summed E-state index contributed by atoms with van der Waals surface area (Å²) in [4.78, 5) is 23.8. The van der Waals surface area contributed by atoms with E-state index in [1.807, 2.05) is 0 Å². The number of hydrogen-bond donors (Lipinski definition) is 0. The summed E-state index contributed by atoms with van der Waals surface area (Å²) in [7, 11) is 0. The number of esters is 2. The number of hydrogen-bond acceptors (Lipinski definition) is 4.